The molecule has 3 rings (SSSR count). The molecule has 0 unspecified atom stereocenters. The molecule has 0 fully saturated rings. The van der Waals surface area contributed by atoms with Gasteiger partial charge in [0.15, 0.2) is 0 Å². The molecule has 1 heterocycles. The van der Waals surface area contributed by atoms with Gasteiger partial charge in [-0.1, -0.05) is 42.0 Å². The van der Waals surface area contributed by atoms with Crippen LogP contribution in [0.5, 0.6) is 5.75 Å². The third-order valence-corrected chi connectivity index (χ3v) is 4.28. The van der Waals surface area contributed by atoms with Crippen LogP contribution in [-0.2, 0) is 13.0 Å². The topological polar surface area (TPSA) is 76.1 Å². The largest absolute Gasteiger partial charge is 0.497 e. The van der Waals surface area contributed by atoms with Crippen molar-refractivity contribution < 1.29 is 9.53 Å². The molecule has 144 valence electrons. The maximum atomic E-state index is 12.4. The van der Waals surface area contributed by atoms with Gasteiger partial charge in [0.2, 0.25) is 5.95 Å². The Kier molecular flexibility index (Phi) is 6.57. The van der Waals surface area contributed by atoms with Crippen LogP contribution in [0.1, 0.15) is 27.2 Å². The average Bonchev–Trinajstić information content (AvgIpc) is 2.73. The lowest BCUT2D eigenvalue weighted by Crippen LogP contribution is -2.24. The standard InChI is InChI=1S/C22H24N4O2/c1-16-4-3-5-18(14-16)15-25-21(27)20-11-13-24-22(26-20)23-12-10-17-6-8-19(28-2)9-7-17/h3-9,11,13-14H,10,12,15H2,1-2H3,(H,25,27)(H,23,24,26). The second kappa shape index (κ2) is 9.50. The highest BCUT2D eigenvalue weighted by molar-refractivity contribution is 5.92. The summed E-state index contributed by atoms with van der Waals surface area (Å²) in [5.41, 5.74) is 3.74. The van der Waals surface area contributed by atoms with Gasteiger partial charge in [-0.15, -0.1) is 0 Å². The molecule has 0 aliphatic heterocycles. The van der Waals surface area contributed by atoms with E-state index in [1.807, 2.05) is 55.5 Å². The molecule has 0 aliphatic rings. The molecular weight excluding hydrogens is 352 g/mol. The predicted molar refractivity (Wildman–Crippen MR) is 110 cm³/mol. The number of ether oxygens (including phenoxy) is 1. The molecule has 1 amide bonds. The fourth-order valence-electron chi connectivity index (χ4n) is 2.78. The Bertz CT molecular complexity index is 926. The van der Waals surface area contributed by atoms with Crippen molar-refractivity contribution in [2.45, 2.75) is 19.9 Å². The third-order valence-electron chi connectivity index (χ3n) is 4.28. The van der Waals surface area contributed by atoms with Crippen LogP contribution in [0, 0.1) is 6.92 Å². The second-order valence-corrected chi connectivity index (χ2v) is 6.46. The van der Waals surface area contributed by atoms with Crippen LogP contribution in [0.3, 0.4) is 0 Å². The highest BCUT2D eigenvalue weighted by Gasteiger charge is 2.08. The molecule has 2 aromatic carbocycles. The van der Waals surface area contributed by atoms with Gasteiger partial charge >= 0.3 is 0 Å². The smallest absolute Gasteiger partial charge is 0.270 e. The van der Waals surface area contributed by atoms with Crippen LogP contribution in [0.15, 0.2) is 60.8 Å². The number of nitrogens with zero attached hydrogens (tertiary/aromatic N) is 2. The summed E-state index contributed by atoms with van der Waals surface area (Å²) in [6.07, 6.45) is 2.40. The minimum absolute atomic E-state index is 0.220. The molecule has 0 bridgehead atoms. The monoisotopic (exact) mass is 376 g/mol. The molecule has 6 nitrogen and oxygen atoms in total. The Hall–Kier alpha value is -3.41. The van der Waals surface area contributed by atoms with Crippen LogP contribution in [-0.4, -0.2) is 29.5 Å². The van der Waals surface area contributed by atoms with E-state index < -0.39 is 0 Å². The minimum Gasteiger partial charge on any atom is -0.497 e. The first-order valence-corrected chi connectivity index (χ1v) is 9.17. The van der Waals surface area contributed by atoms with Gasteiger partial charge in [-0.05, 0) is 42.7 Å². The summed E-state index contributed by atoms with van der Waals surface area (Å²) in [5, 5.41) is 6.06. The van der Waals surface area contributed by atoms with Crippen LogP contribution in [0.25, 0.3) is 0 Å². The van der Waals surface area contributed by atoms with E-state index in [4.69, 9.17) is 4.74 Å². The van der Waals surface area contributed by atoms with E-state index in [9.17, 15) is 4.79 Å². The fourth-order valence-corrected chi connectivity index (χ4v) is 2.78. The number of anilines is 1. The Morgan fingerprint density at radius 1 is 1.07 bits per heavy atom. The number of hydrogen-bond donors (Lipinski definition) is 2. The number of aryl methyl sites for hydroxylation is 1. The molecule has 0 saturated heterocycles. The van der Waals surface area contributed by atoms with Gasteiger partial charge in [-0.3, -0.25) is 4.79 Å². The highest BCUT2D eigenvalue weighted by atomic mass is 16.5. The number of nitrogens with one attached hydrogen (secondary N) is 2. The van der Waals surface area contributed by atoms with Gasteiger partial charge in [0.05, 0.1) is 7.11 Å². The van der Waals surface area contributed by atoms with Crippen LogP contribution in [0.2, 0.25) is 0 Å². The third kappa shape index (κ3) is 5.54. The zero-order valence-electron chi connectivity index (χ0n) is 16.1. The van der Waals surface area contributed by atoms with Crippen molar-refractivity contribution in [1.29, 1.82) is 0 Å². The summed E-state index contributed by atoms with van der Waals surface area (Å²) in [6, 6.07) is 17.6. The summed E-state index contributed by atoms with van der Waals surface area (Å²) >= 11 is 0. The first kappa shape index (κ1) is 19.4. The van der Waals surface area contributed by atoms with Gasteiger partial charge < -0.3 is 15.4 Å². The van der Waals surface area contributed by atoms with E-state index in [2.05, 4.69) is 20.6 Å². The van der Waals surface area contributed by atoms with Crippen LogP contribution >= 0.6 is 0 Å². The lowest BCUT2D eigenvalue weighted by atomic mass is 10.1. The van der Waals surface area contributed by atoms with Gasteiger partial charge in [-0.25, -0.2) is 9.97 Å². The van der Waals surface area contributed by atoms with Gasteiger partial charge in [0.25, 0.3) is 5.91 Å². The van der Waals surface area contributed by atoms with Crippen molar-refractivity contribution in [1.82, 2.24) is 15.3 Å². The summed E-state index contributed by atoms with van der Waals surface area (Å²) < 4.78 is 5.16. The first-order chi connectivity index (χ1) is 13.6. The van der Waals surface area contributed by atoms with Crippen LogP contribution in [0.4, 0.5) is 5.95 Å². The van der Waals surface area contributed by atoms with E-state index in [-0.39, 0.29) is 5.91 Å². The van der Waals surface area contributed by atoms with Crippen LogP contribution < -0.4 is 15.4 Å². The normalized spacial score (nSPS) is 10.4. The Morgan fingerprint density at radius 2 is 1.89 bits per heavy atom. The average molecular weight is 376 g/mol. The van der Waals surface area contributed by atoms with E-state index in [0.717, 1.165) is 23.3 Å². The van der Waals surface area contributed by atoms with Crippen molar-refractivity contribution >= 4 is 11.9 Å². The molecule has 0 spiro atoms. The lowest BCUT2D eigenvalue weighted by molar-refractivity contribution is 0.0946. The van der Waals surface area contributed by atoms with Gasteiger partial charge in [-0.2, -0.15) is 0 Å². The van der Waals surface area contributed by atoms with Crippen molar-refractivity contribution in [3.63, 3.8) is 0 Å². The predicted octanol–water partition coefficient (Wildman–Crippen LogP) is 3.38. The first-order valence-electron chi connectivity index (χ1n) is 9.17. The Balaban J connectivity index is 1.51. The maximum Gasteiger partial charge on any atom is 0.270 e. The van der Waals surface area contributed by atoms with Crippen molar-refractivity contribution in [2.24, 2.45) is 0 Å². The molecule has 6 heteroatoms. The molecule has 1 aromatic heterocycles. The number of rotatable bonds is 8. The SMILES string of the molecule is COc1ccc(CCNc2nccc(C(=O)NCc3cccc(C)c3)n2)cc1. The number of hydrogen-bond acceptors (Lipinski definition) is 5. The summed E-state index contributed by atoms with van der Waals surface area (Å²) in [4.78, 5) is 20.9. The quantitative estimate of drug-likeness (QED) is 0.630. The number of carbonyl (C=O) groups is 1. The highest BCUT2D eigenvalue weighted by Crippen LogP contribution is 2.12. The fraction of sp³-hybridized carbons (Fsp3) is 0.227. The number of amides is 1. The number of benzene rings is 2. The second-order valence-electron chi connectivity index (χ2n) is 6.46. The molecule has 0 aliphatic carbocycles. The molecule has 2 N–H and O–H groups in total. The van der Waals surface area contributed by atoms with E-state index in [1.54, 1.807) is 19.4 Å². The zero-order chi connectivity index (χ0) is 19.8. The Morgan fingerprint density at radius 3 is 2.64 bits per heavy atom. The molecule has 28 heavy (non-hydrogen) atoms. The molecule has 0 atom stereocenters. The summed E-state index contributed by atoms with van der Waals surface area (Å²) in [7, 11) is 1.65. The maximum absolute atomic E-state index is 12.4. The molecule has 0 saturated carbocycles. The number of carbonyl (C=O) groups excluding carboxylic acids is 1. The van der Waals surface area contributed by atoms with Crippen molar-refractivity contribution in [2.75, 3.05) is 19.0 Å². The molecule has 0 radical (unpaired) electrons. The Labute approximate surface area is 165 Å². The van der Waals surface area contributed by atoms with Crippen molar-refractivity contribution in [3.8, 4) is 5.75 Å². The van der Waals surface area contributed by atoms with E-state index in [1.165, 1.54) is 5.56 Å². The molecular formula is C22H24N4O2. The number of methoxy groups -OCH3 is 1. The zero-order valence-corrected chi connectivity index (χ0v) is 16.1. The van der Waals surface area contributed by atoms with Gasteiger partial charge in [0.1, 0.15) is 11.4 Å². The van der Waals surface area contributed by atoms with Crippen molar-refractivity contribution in [3.05, 3.63) is 83.2 Å². The summed E-state index contributed by atoms with van der Waals surface area (Å²) in [5.74, 6) is 1.06. The number of aromatic nitrogens is 2. The minimum atomic E-state index is -0.220. The summed E-state index contributed by atoms with van der Waals surface area (Å²) in [6.45, 7) is 3.16. The van der Waals surface area contributed by atoms with Gasteiger partial charge in [0, 0.05) is 19.3 Å². The van der Waals surface area contributed by atoms with E-state index >= 15 is 0 Å². The lowest BCUT2D eigenvalue weighted by Gasteiger charge is -2.08. The molecule has 3 aromatic rings. The van der Waals surface area contributed by atoms with E-state index in [0.29, 0.717) is 24.7 Å².